The molecule has 0 saturated heterocycles. The summed E-state index contributed by atoms with van der Waals surface area (Å²) >= 11 is 0. The Morgan fingerprint density at radius 1 is 0.840 bits per heavy atom. The lowest BCUT2D eigenvalue weighted by molar-refractivity contribution is 0.319. The minimum absolute atomic E-state index is 0.532. The number of hydrogen-bond acceptors (Lipinski definition) is 4. The number of nitrogens with zero attached hydrogens (tertiary/aromatic N) is 1. The Morgan fingerprint density at radius 3 is 1.60 bits per heavy atom. The number of methoxy groups -OCH3 is 2. The van der Waals surface area contributed by atoms with Crippen molar-refractivity contribution in [2.45, 2.75) is 37.5 Å². The monoisotopic (exact) mass is 337 g/mol. The summed E-state index contributed by atoms with van der Waals surface area (Å²) in [6.45, 7) is 0. The summed E-state index contributed by atoms with van der Waals surface area (Å²) in [7, 11) is 3.36. The van der Waals surface area contributed by atoms with Crippen LogP contribution in [0.4, 0.5) is 0 Å². The van der Waals surface area contributed by atoms with Crippen LogP contribution in [-0.2, 0) is 0 Å². The molecule has 25 heavy (non-hydrogen) atoms. The van der Waals surface area contributed by atoms with Crippen molar-refractivity contribution in [2.24, 2.45) is 5.16 Å². The molecular formula is C21H23NO3. The maximum Gasteiger partial charge on any atom is 0.119 e. The van der Waals surface area contributed by atoms with Gasteiger partial charge in [0, 0.05) is 11.1 Å². The Morgan fingerprint density at radius 2 is 1.28 bits per heavy atom. The predicted octanol–water partition coefficient (Wildman–Crippen LogP) is 4.69. The van der Waals surface area contributed by atoms with Crippen LogP contribution in [0.5, 0.6) is 11.5 Å². The Balaban J connectivity index is 1.82. The molecule has 0 amide bonds. The molecule has 2 fully saturated rings. The van der Waals surface area contributed by atoms with Crippen LogP contribution in [0.2, 0.25) is 0 Å². The van der Waals surface area contributed by atoms with E-state index in [0.717, 1.165) is 22.6 Å². The lowest BCUT2D eigenvalue weighted by Crippen LogP contribution is -2.10. The standard InChI is InChI=1S/C21H23NO3/c1-24-15-7-9-17(19(11-15)13-3-4-13)21(22-23)18-10-8-16(25-2)12-20(18)14-5-6-14/h7-14,23H,3-6H2,1-2H3. The molecule has 0 spiro atoms. The Hall–Kier alpha value is -2.49. The molecule has 4 nitrogen and oxygen atoms in total. The lowest BCUT2D eigenvalue weighted by Gasteiger charge is -2.16. The van der Waals surface area contributed by atoms with E-state index in [1.165, 1.54) is 36.8 Å². The first-order valence-electron chi connectivity index (χ1n) is 8.83. The zero-order valence-corrected chi connectivity index (χ0v) is 14.7. The summed E-state index contributed by atoms with van der Waals surface area (Å²) in [5.74, 6) is 2.76. The largest absolute Gasteiger partial charge is 0.497 e. The van der Waals surface area contributed by atoms with Gasteiger partial charge < -0.3 is 14.7 Å². The molecule has 0 radical (unpaired) electrons. The molecule has 1 N–H and O–H groups in total. The van der Waals surface area contributed by atoms with Crippen molar-refractivity contribution < 1.29 is 14.7 Å². The first-order chi connectivity index (χ1) is 12.2. The van der Waals surface area contributed by atoms with Crippen molar-refractivity contribution >= 4 is 5.71 Å². The molecule has 4 heteroatoms. The summed E-state index contributed by atoms with van der Waals surface area (Å²) in [5, 5.41) is 13.6. The Bertz CT molecular complexity index is 754. The molecule has 2 saturated carbocycles. The first kappa shape index (κ1) is 16.0. The summed E-state index contributed by atoms with van der Waals surface area (Å²) < 4.78 is 10.8. The van der Waals surface area contributed by atoms with Crippen LogP contribution < -0.4 is 9.47 Å². The molecule has 0 aliphatic heterocycles. The molecule has 130 valence electrons. The van der Waals surface area contributed by atoms with Crippen LogP contribution in [0.3, 0.4) is 0 Å². The first-order valence-corrected chi connectivity index (χ1v) is 8.83. The van der Waals surface area contributed by atoms with Gasteiger partial charge in [-0.25, -0.2) is 0 Å². The zero-order chi connectivity index (χ0) is 17.4. The van der Waals surface area contributed by atoms with Crippen LogP contribution in [0.25, 0.3) is 0 Å². The highest BCUT2D eigenvalue weighted by Crippen LogP contribution is 2.46. The van der Waals surface area contributed by atoms with Gasteiger partial charge in [0.1, 0.15) is 17.2 Å². The molecular weight excluding hydrogens is 314 g/mol. The molecule has 0 unspecified atom stereocenters. The Labute approximate surface area is 148 Å². The third kappa shape index (κ3) is 3.09. The number of oxime groups is 1. The van der Waals surface area contributed by atoms with Crippen LogP contribution in [-0.4, -0.2) is 25.1 Å². The summed E-state index contributed by atoms with van der Waals surface area (Å²) in [6.07, 6.45) is 4.71. The minimum Gasteiger partial charge on any atom is -0.497 e. The number of ether oxygens (including phenoxy) is 2. The third-order valence-electron chi connectivity index (χ3n) is 5.16. The normalized spacial score (nSPS) is 16.4. The fourth-order valence-corrected chi connectivity index (χ4v) is 3.48. The van der Waals surface area contributed by atoms with E-state index >= 15 is 0 Å². The number of hydrogen-bond donors (Lipinski definition) is 1. The predicted molar refractivity (Wildman–Crippen MR) is 97.4 cm³/mol. The van der Waals surface area contributed by atoms with E-state index in [2.05, 4.69) is 17.3 Å². The van der Waals surface area contributed by atoms with Crippen LogP contribution in [0, 0.1) is 0 Å². The molecule has 0 heterocycles. The minimum atomic E-state index is 0.532. The molecule has 0 atom stereocenters. The molecule has 2 aromatic rings. The van der Waals surface area contributed by atoms with Gasteiger partial charge in [-0.2, -0.15) is 0 Å². The van der Waals surface area contributed by atoms with Crippen molar-refractivity contribution in [1.82, 2.24) is 0 Å². The van der Waals surface area contributed by atoms with E-state index in [1.807, 2.05) is 24.3 Å². The molecule has 4 rings (SSSR count). The second-order valence-electron chi connectivity index (χ2n) is 6.90. The molecule has 0 bridgehead atoms. The quantitative estimate of drug-likeness (QED) is 0.473. The maximum absolute atomic E-state index is 9.86. The van der Waals surface area contributed by atoms with Gasteiger partial charge >= 0.3 is 0 Å². The van der Waals surface area contributed by atoms with Crippen LogP contribution in [0.1, 0.15) is 59.8 Å². The molecule has 0 aromatic heterocycles. The summed E-state index contributed by atoms with van der Waals surface area (Å²) in [4.78, 5) is 0. The van der Waals surface area contributed by atoms with Gasteiger partial charge in [-0.1, -0.05) is 5.16 Å². The van der Waals surface area contributed by atoms with Gasteiger partial charge in [-0.15, -0.1) is 0 Å². The number of rotatable bonds is 6. The number of benzene rings is 2. The maximum atomic E-state index is 9.86. The van der Waals surface area contributed by atoms with Crippen molar-refractivity contribution in [3.63, 3.8) is 0 Å². The lowest BCUT2D eigenvalue weighted by atomic mass is 9.90. The van der Waals surface area contributed by atoms with E-state index in [4.69, 9.17) is 9.47 Å². The SMILES string of the molecule is COc1ccc(C(=NO)c2ccc(OC)cc2C2CC2)c(C2CC2)c1. The second-order valence-corrected chi connectivity index (χ2v) is 6.90. The van der Waals surface area contributed by atoms with Gasteiger partial charge in [0.15, 0.2) is 0 Å². The van der Waals surface area contributed by atoms with Gasteiger partial charge in [0.25, 0.3) is 0 Å². The topological polar surface area (TPSA) is 51.0 Å². The summed E-state index contributed by atoms with van der Waals surface area (Å²) in [5.41, 5.74) is 5.07. The average Bonchev–Trinajstić information content (AvgIpc) is 3.55. The molecule has 2 aliphatic rings. The average molecular weight is 337 g/mol. The Kier molecular flexibility index (Phi) is 4.12. The van der Waals surface area contributed by atoms with E-state index in [0.29, 0.717) is 17.5 Å². The van der Waals surface area contributed by atoms with Crippen molar-refractivity contribution in [2.75, 3.05) is 14.2 Å². The fourth-order valence-electron chi connectivity index (χ4n) is 3.48. The van der Waals surface area contributed by atoms with Crippen molar-refractivity contribution in [3.05, 3.63) is 58.7 Å². The van der Waals surface area contributed by atoms with Gasteiger partial charge in [-0.3, -0.25) is 0 Å². The molecule has 2 aromatic carbocycles. The van der Waals surface area contributed by atoms with E-state index < -0.39 is 0 Å². The zero-order valence-electron chi connectivity index (χ0n) is 14.7. The van der Waals surface area contributed by atoms with Crippen LogP contribution >= 0.6 is 0 Å². The van der Waals surface area contributed by atoms with Crippen molar-refractivity contribution in [3.8, 4) is 11.5 Å². The van der Waals surface area contributed by atoms with Crippen LogP contribution in [0.15, 0.2) is 41.6 Å². The van der Waals surface area contributed by atoms with E-state index in [-0.39, 0.29) is 0 Å². The molecule has 2 aliphatic carbocycles. The highest BCUT2D eigenvalue weighted by molar-refractivity contribution is 6.14. The summed E-state index contributed by atoms with van der Waals surface area (Å²) in [6, 6.07) is 12.1. The van der Waals surface area contributed by atoms with Gasteiger partial charge in [0.2, 0.25) is 0 Å². The second kappa shape index (κ2) is 6.43. The van der Waals surface area contributed by atoms with Gasteiger partial charge in [0.05, 0.1) is 14.2 Å². The van der Waals surface area contributed by atoms with E-state index in [1.54, 1.807) is 14.2 Å². The smallest absolute Gasteiger partial charge is 0.119 e. The fraction of sp³-hybridized carbons (Fsp3) is 0.381. The van der Waals surface area contributed by atoms with Crippen molar-refractivity contribution in [1.29, 1.82) is 0 Å². The highest BCUT2D eigenvalue weighted by atomic mass is 16.5. The van der Waals surface area contributed by atoms with E-state index in [9.17, 15) is 5.21 Å². The third-order valence-corrected chi connectivity index (χ3v) is 5.16. The highest BCUT2D eigenvalue weighted by Gasteiger charge is 2.32. The van der Waals surface area contributed by atoms with Gasteiger partial charge in [-0.05, 0) is 85.0 Å².